The molecule has 4 aromatic rings. The first kappa shape index (κ1) is 35.5. The Morgan fingerprint density at radius 2 is 1.53 bits per heavy atom. The molecule has 0 radical (unpaired) electrons. The average molecular weight is 723 g/mol. The number of sulfonamides is 1. The van der Waals surface area contributed by atoms with E-state index in [1.165, 1.54) is 17.0 Å². The van der Waals surface area contributed by atoms with Crippen LogP contribution in [0.25, 0.3) is 0 Å². The zero-order chi connectivity index (χ0) is 33.8. The maximum absolute atomic E-state index is 14.6. The number of carbonyl (C=O) groups excluding carboxylic acids is 2. The molecule has 248 valence electrons. The van der Waals surface area contributed by atoms with Crippen molar-refractivity contribution >= 4 is 43.5 Å². The van der Waals surface area contributed by atoms with Crippen molar-refractivity contribution in [1.82, 2.24) is 10.2 Å². The fourth-order valence-corrected chi connectivity index (χ4v) is 6.70. The Bertz CT molecular complexity index is 1720. The molecule has 47 heavy (non-hydrogen) atoms. The van der Waals surface area contributed by atoms with Crippen LogP contribution >= 0.6 is 15.9 Å². The first-order valence-electron chi connectivity index (χ1n) is 15.4. The number of methoxy groups -OCH3 is 1. The third-order valence-electron chi connectivity index (χ3n) is 7.42. The van der Waals surface area contributed by atoms with E-state index in [-0.39, 0.29) is 29.5 Å². The molecule has 0 aliphatic heterocycles. The van der Waals surface area contributed by atoms with Gasteiger partial charge in [0.05, 0.1) is 24.3 Å². The average Bonchev–Trinajstić information content (AvgIpc) is 3.08. The molecule has 9 nitrogen and oxygen atoms in total. The van der Waals surface area contributed by atoms with Crippen molar-refractivity contribution in [2.75, 3.05) is 31.1 Å². The number of hydrogen-bond acceptors (Lipinski definition) is 6. The molecule has 0 spiro atoms. The summed E-state index contributed by atoms with van der Waals surface area (Å²) in [6, 6.07) is 28.5. The van der Waals surface area contributed by atoms with Crippen LogP contribution in [-0.4, -0.2) is 58.0 Å². The molecule has 0 aromatic heterocycles. The van der Waals surface area contributed by atoms with Crippen LogP contribution in [0.4, 0.5) is 5.69 Å². The molecule has 2 amide bonds. The van der Waals surface area contributed by atoms with E-state index in [2.05, 4.69) is 21.2 Å². The molecule has 1 N–H and O–H groups in total. The fraction of sp³-hybridized carbons (Fsp3) is 0.278. The van der Waals surface area contributed by atoms with Gasteiger partial charge < -0.3 is 19.7 Å². The van der Waals surface area contributed by atoms with Gasteiger partial charge in [0.1, 0.15) is 24.1 Å². The molecular formula is C36H40BrN3O6S. The molecule has 0 aliphatic rings. The number of amides is 2. The van der Waals surface area contributed by atoms with Gasteiger partial charge in [0.25, 0.3) is 10.0 Å². The van der Waals surface area contributed by atoms with Crippen LogP contribution in [0, 0.1) is 0 Å². The number of anilines is 1. The summed E-state index contributed by atoms with van der Waals surface area (Å²) in [4.78, 5) is 29.8. The van der Waals surface area contributed by atoms with Crippen molar-refractivity contribution in [3.63, 3.8) is 0 Å². The minimum atomic E-state index is -4.22. The molecule has 0 unspecified atom stereocenters. The van der Waals surface area contributed by atoms with Gasteiger partial charge in [-0.25, -0.2) is 8.42 Å². The van der Waals surface area contributed by atoms with Gasteiger partial charge in [0, 0.05) is 24.0 Å². The van der Waals surface area contributed by atoms with Crippen molar-refractivity contribution in [1.29, 1.82) is 0 Å². The van der Waals surface area contributed by atoms with E-state index in [9.17, 15) is 18.0 Å². The second-order valence-electron chi connectivity index (χ2n) is 10.8. The van der Waals surface area contributed by atoms with Crippen LogP contribution in [-0.2, 0) is 32.6 Å². The summed E-state index contributed by atoms with van der Waals surface area (Å²) in [5.74, 6) is 0.294. The van der Waals surface area contributed by atoms with E-state index in [1.54, 1.807) is 55.6 Å². The number of halogens is 1. The van der Waals surface area contributed by atoms with Crippen molar-refractivity contribution in [2.45, 2.75) is 44.2 Å². The van der Waals surface area contributed by atoms with Crippen LogP contribution in [0.3, 0.4) is 0 Å². The summed E-state index contributed by atoms with van der Waals surface area (Å²) in [7, 11) is -2.67. The third-order valence-corrected chi connectivity index (χ3v) is 9.74. The van der Waals surface area contributed by atoms with Crippen molar-refractivity contribution in [2.24, 2.45) is 0 Å². The lowest BCUT2D eigenvalue weighted by Gasteiger charge is -2.34. The molecule has 0 saturated carbocycles. The Labute approximate surface area is 285 Å². The molecule has 4 rings (SSSR count). The van der Waals surface area contributed by atoms with E-state index < -0.39 is 28.5 Å². The summed E-state index contributed by atoms with van der Waals surface area (Å²) >= 11 is 3.36. The summed E-state index contributed by atoms with van der Waals surface area (Å²) in [5.41, 5.74) is 1.86. The lowest BCUT2D eigenvalue weighted by molar-refractivity contribution is -0.140. The van der Waals surface area contributed by atoms with Crippen molar-refractivity contribution in [3.8, 4) is 11.5 Å². The lowest BCUT2D eigenvalue weighted by Crippen LogP contribution is -2.53. The number of ether oxygens (including phenoxy) is 2. The summed E-state index contributed by atoms with van der Waals surface area (Å²) in [5, 5.41) is 2.95. The maximum atomic E-state index is 14.6. The van der Waals surface area contributed by atoms with Gasteiger partial charge in [-0.05, 0) is 85.1 Å². The van der Waals surface area contributed by atoms with Crippen LogP contribution in [0.2, 0.25) is 0 Å². The third kappa shape index (κ3) is 9.59. The summed E-state index contributed by atoms with van der Waals surface area (Å²) < 4.78 is 41.2. The highest BCUT2D eigenvalue weighted by Crippen LogP contribution is 2.28. The van der Waals surface area contributed by atoms with Gasteiger partial charge >= 0.3 is 0 Å². The number of nitrogens with zero attached hydrogens (tertiary/aromatic N) is 2. The minimum absolute atomic E-state index is 0.0169. The van der Waals surface area contributed by atoms with Gasteiger partial charge in [-0.3, -0.25) is 13.9 Å². The monoisotopic (exact) mass is 721 g/mol. The molecule has 11 heteroatoms. The van der Waals surface area contributed by atoms with Gasteiger partial charge in [0.2, 0.25) is 11.8 Å². The van der Waals surface area contributed by atoms with E-state index in [4.69, 9.17) is 9.47 Å². The first-order valence-corrected chi connectivity index (χ1v) is 17.6. The lowest BCUT2D eigenvalue weighted by atomic mass is 10.0. The standard InChI is InChI=1S/C36H40BrN3O6S/c1-4-22-38-36(42)34(24-27-10-7-6-8-11-27)39(25-28-12-9-13-32(23-28)45-3)35(41)26-40(30-16-18-31(19-17-30)46-5-2)47(43,44)33-20-14-29(37)15-21-33/h6-21,23,34H,4-5,22,24-26H2,1-3H3,(H,38,42)/t34-/m0/s1. The predicted molar refractivity (Wildman–Crippen MR) is 187 cm³/mol. The molecule has 0 aliphatic carbocycles. The van der Waals surface area contributed by atoms with Crippen molar-refractivity contribution < 1.29 is 27.5 Å². The van der Waals surface area contributed by atoms with Crippen molar-refractivity contribution in [3.05, 3.63) is 119 Å². The van der Waals surface area contributed by atoms with Crippen LogP contribution in [0.1, 0.15) is 31.4 Å². The van der Waals surface area contributed by atoms with Gasteiger partial charge in [-0.1, -0.05) is 65.3 Å². The Morgan fingerprint density at radius 1 is 0.851 bits per heavy atom. The Hall–Kier alpha value is -4.35. The fourth-order valence-electron chi connectivity index (χ4n) is 5.03. The molecule has 1 atom stereocenters. The smallest absolute Gasteiger partial charge is 0.264 e. The van der Waals surface area contributed by atoms with Gasteiger partial charge in [-0.15, -0.1) is 0 Å². The summed E-state index contributed by atoms with van der Waals surface area (Å²) in [6.07, 6.45) is 0.944. The highest BCUT2D eigenvalue weighted by atomic mass is 79.9. The molecule has 4 aromatic carbocycles. The topological polar surface area (TPSA) is 105 Å². The maximum Gasteiger partial charge on any atom is 0.264 e. The number of rotatable bonds is 16. The molecule has 0 saturated heterocycles. The minimum Gasteiger partial charge on any atom is -0.497 e. The SMILES string of the molecule is CCCNC(=O)[C@H](Cc1ccccc1)N(Cc1cccc(OC)c1)C(=O)CN(c1ccc(OCC)cc1)S(=O)(=O)c1ccc(Br)cc1. The van der Waals surface area contributed by atoms with Gasteiger partial charge in [0.15, 0.2) is 0 Å². The Balaban J connectivity index is 1.80. The Morgan fingerprint density at radius 3 is 2.17 bits per heavy atom. The normalized spacial score (nSPS) is 11.7. The van der Waals surface area contributed by atoms with E-state index >= 15 is 0 Å². The molecular weight excluding hydrogens is 682 g/mol. The number of hydrogen-bond donors (Lipinski definition) is 1. The first-order chi connectivity index (χ1) is 22.7. The molecule has 0 heterocycles. The second kappa shape index (κ2) is 17.0. The second-order valence-corrected chi connectivity index (χ2v) is 13.5. The van der Waals surface area contributed by atoms with Crippen LogP contribution < -0.4 is 19.1 Å². The molecule has 0 fully saturated rings. The number of nitrogens with one attached hydrogen (secondary N) is 1. The van der Waals surface area contributed by atoms with E-state index in [0.717, 1.165) is 15.4 Å². The predicted octanol–water partition coefficient (Wildman–Crippen LogP) is 6.22. The zero-order valence-electron chi connectivity index (χ0n) is 26.8. The number of benzene rings is 4. The van der Waals surface area contributed by atoms with Gasteiger partial charge in [-0.2, -0.15) is 0 Å². The quantitative estimate of drug-likeness (QED) is 0.147. The van der Waals surface area contributed by atoms with Crippen LogP contribution in [0.5, 0.6) is 11.5 Å². The Kier molecular flexibility index (Phi) is 12.8. The highest BCUT2D eigenvalue weighted by Gasteiger charge is 2.34. The zero-order valence-corrected chi connectivity index (χ0v) is 29.2. The molecule has 0 bridgehead atoms. The van der Waals surface area contributed by atoms with Crippen LogP contribution in [0.15, 0.2) is 112 Å². The number of carbonyl (C=O) groups is 2. The van der Waals surface area contributed by atoms with E-state index in [0.29, 0.717) is 35.5 Å². The largest absolute Gasteiger partial charge is 0.497 e. The van der Waals surface area contributed by atoms with E-state index in [1.807, 2.05) is 56.3 Å². The summed E-state index contributed by atoms with van der Waals surface area (Å²) in [6.45, 7) is 4.18. The highest BCUT2D eigenvalue weighted by molar-refractivity contribution is 9.10.